The predicted molar refractivity (Wildman–Crippen MR) is 90.1 cm³/mol. The highest BCUT2D eigenvalue weighted by Gasteiger charge is 2.27. The van der Waals surface area contributed by atoms with Crippen molar-refractivity contribution in [2.24, 2.45) is 0 Å². The summed E-state index contributed by atoms with van der Waals surface area (Å²) >= 11 is 6.09. The fraction of sp³-hybridized carbons (Fsp3) is 0.235. The molecule has 0 amide bonds. The quantitative estimate of drug-likeness (QED) is 0.720. The van der Waals surface area contributed by atoms with E-state index < -0.39 is 0 Å². The Morgan fingerprint density at radius 2 is 2.00 bits per heavy atom. The Morgan fingerprint density at radius 3 is 2.70 bits per heavy atom. The first-order chi connectivity index (χ1) is 11.3. The van der Waals surface area contributed by atoms with Gasteiger partial charge in [-0.25, -0.2) is 15.0 Å². The van der Waals surface area contributed by atoms with Gasteiger partial charge >= 0.3 is 0 Å². The first-order valence-corrected chi connectivity index (χ1v) is 8.00. The largest absolute Gasteiger partial charge is 0.340 e. The summed E-state index contributed by atoms with van der Waals surface area (Å²) in [4.78, 5) is 12.9. The van der Waals surface area contributed by atoms with Crippen molar-refractivity contribution in [2.45, 2.75) is 25.3 Å². The van der Waals surface area contributed by atoms with Gasteiger partial charge in [0.1, 0.15) is 16.8 Å². The number of halogens is 1. The maximum Gasteiger partial charge on any atom is 0.135 e. The highest BCUT2D eigenvalue weighted by molar-refractivity contribution is 6.29. The minimum atomic E-state index is 0.479. The molecule has 1 fully saturated rings. The van der Waals surface area contributed by atoms with Gasteiger partial charge in [0.25, 0.3) is 0 Å². The molecule has 1 N–H and O–H groups in total. The van der Waals surface area contributed by atoms with Crippen molar-refractivity contribution in [2.75, 3.05) is 5.32 Å². The molecule has 0 atom stereocenters. The number of anilines is 2. The molecule has 1 aliphatic carbocycles. The lowest BCUT2D eigenvalue weighted by Crippen LogP contribution is -2.00. The average molecular weight is 326 g/mol. The second-order valence-electron chi connectivity index (χ2n) is 5.77. The zero-order valence-corrected chi connectivity index (χ0v) is 13.2. The van der Waals surface area contributed by atoms with Gasteiger partial charge in [-0.1, -0.05) is 23.7 Å². The summed E-state index contributed by atoms with van der Waals surface area (Å²) in [7, 11) is 0. The van der Waals surface area contributed by atoms with Crippen LogP contribution in [0.4, 0.5) is 11.5 Å². The van der Waals surface area contributed by atoms with Crippen LogP contribution in [-0.4, -0.2) is 19.5 Å². The first kappa shape index (κ1) is 14.2. The molecule has 1 saturated carbocycles. The van der Waals surface area contributed by atoms with E-state index in [4.69, 9.17) is 11.6 Å². The zero-order valence-electron chi connectivity index (χ0n) is 12.5. The van der Waals surface area contributed by atoms with E-state index in [0.29, 0.717) is 11.1 Å². The van der Waals surface area contributed by atoms with Gasteiger partial charge in [-0.2, -0.15) is 0 Å². The molecule has 2 aromatic heterocycles. The molecule has 4 rings (SSSR count). The molecule has 5 nitrogen and oxygen atoms in total. The lowest BCUT2D eigenvalue weighted by molar-refractivity contribution is 0.797. The second-order valence-corrected chi connectivity index (χ2v) is 6.15. The van der Waals surface area contributed by atoms with Crippen LogP contribution in [0.25, 0.3) is 0 Å². The molecular weight excluding hydrogens is 310 g/mol. The highest BCUT2D eigenvalue weighted by atomic mass is 35.5. The zero-order chi connectivity index (χ0) is 15.6. The van der Waals surface area contributed by atoms with Crippen LogP contribution in [0, 0.1) is 0 Å². The third-order valence-electron chi connectivity index (χ3n) is 3.81. The topological polar surface area (TPSA) is 55.6 Å². The van der Waals surface area contributed by atoms with E-state index in [1.807, 2.05) is 29.2 Å². The van der Waals surface area contributed by atoms with Crippen LogP contribution in [0.5, 0.6) is 0 Å². The van der Waals surface area contributed by atoms with Crippen molar-refractivity contribution in [1.82, 2.24) is 19.5 Å². The Morgan fingerprint density at radius 1 is 1.17 bits per heavy atom. The van der Waals surface area contributed by atoms with Gasteiger partial charge < -0.3 is 9.88 Å². The Balaban J connectivity index is 1.48. The number of benzene rings is 1. The average Bonchev–Trinajstić information content (AvgIpc) is 3.27. The summed E-state index contributed by atoms with van der Waals surface area (Å²) in [5.41, 5.74) is 2.20. The van der Waals surface area contributed by atoms with Crippen LogP contribution in [0.15, 0.2) is 49.1 Å². The number of hydrogen-bond donors (Lipinski definition) is 1. The molecule has 0 aliphatic heterocycles. The van der Waals surface area contributed by atoms with Gasteiger partial charge in [0, 0.05) is 36.6 Å². The normalized spacial score (nSPS) is 14.0. The number of aromatic nitrogens is 4. The van der Waals surface area contributed by atoms with E-state index >= 15 is 0 Å². The Hall–Kier alpha value is -2.40. The number of imidazole rings is 1. The van der Waals surface area contributed by atoms with Crippen molar-refractivity contribution in [3.8, 4) is 0 Å². The molecule has 2 heterocycles. The van der Waals surface area contributed by atoms with Gasteiger partial charge in [0.05, 0.1) is 6.33 Å². The van der Waals surface area contributed by atoms with Crippen LogP contribution in [-0.2, 0) is 6.54 Å². The summed E-state index contributed by atoms with van der Waals surface area (Å²) in [6.07, 6.45) is 7.86. The fourth-order valence-corrected chi connectivity index (χ4v) is 2.65. The lowest BCUT2D eigenvalue weighted by Gasteiger charge is -2.09. The molecule has 23 heavy (non-hydrogen) atoms. The van der Waals surface area contributed by atoms with Gasteiger partial charge in [0.15, 0.2) is 0 Å². The van der Waals surface area contributed by atoms with Crippen LogP contribution < -0.4 is 5.32 Å². The second kappa shape index (κ2) is 6.01. The summed E-state index contributed by atoms with van der Waals surface area (Å²) in [5.74, 6) is 2.07. The van der Waals surface area contributed by atoms with Crippen molar-refractivity contribution in [1.29, 1.82) is 0 Å². The standard InChI is InChI=1S/C17H16ClN5/c18-15-9-16(22-17(21-15)13-3-4-13)20-14-5-1-12(2-6-14)10-23-8-7-19-11-23/h1-2,5-9,11,13H,3-4,10H2,(H,20,21,22). The molecule has 0 unspecified atom stereocenters. The number of rotatable bonds is 5. The predicted octanol–water partition coefficient (Wildman–Crippen LogP) is 4.00. The van der Waals surface area contributed by atoms with Crippen molar-refractivity contribution < 1.29 is 0 Å². The third-order valence-corrected chi connectivity index (χ3v) is 4.00. The molecule has 6 heteroatoms. The van der Waals surface area contributed by atoms with Crippen molar-refractivity contribution in [3.63, 3.8) is 0 Å². The smallest absolute Gasteiger partial charge is 0.135 e. The number of nitrogens with zero attached hydrogens (tertiary/aromatic N) is 4. The Labute approximate surface area is 139 Å². The molecule has 116 valence electrons. The highest BCUT2D eigenvalue weighted by Crippen LogP contribution is 2.39. The lowest BCUT2D eigenvalue weighted by atomic mass is 10.2. The molecule has 3 aromatic rings. The van der Waals surface area contributed by atoms with Crippen LogP contribution >= 0.6 is 11.6 Å². The van der Waals surface area contributed by atoms with Gasteiger partial charge in [-0.05, 0) is 30.5 Å². The molecular formula is C17H16ClN5. The number of nitrogens with one attached hydrogen (secondary N) is 1. The molecule has 0 radical (unpaired) electrons. The Kier molecular flexibility index (Phi) is 3.71. The Bertz CT molecular complexity index is 794. The minimum Gasteiger partial charge on any atom is -0.340 e. The molecule has 1 aliphatic rings. The first-order valence-electron chi connectivity index (χ1n) is 7.62. The maximum absolute atomic E-state index is 6.09. The van der Waals surface area contributed by atoms with E-state index in [-0.39, 0.29) is 0 Å². The number of hydrogen-bond acceptors (Lipinski definition) is 4. The fourth-order valence-electron chi connectivity index (χ4n) is 2.46. The SMILES string of the molecule is Clc1cc(Nc2ccc(Cn3ccnc3)cc2)nc(C2CC2)n1. The monoisotopic (exact) mass is 325 g/mol. The van der Waals surface area contributed by atoms with Crippen molar-refractivity contribution >= 4 is 23.1 Å². The van der Waals surface area contributed by atoms with Gasteiger partial charge in [-0.15, -0.1) is 0 Å². The van der Waals surface area contributed by atoms with Crippen LogP contribution in [0.1, 0.15) is 30.1 Å². The maximum atomic E-state index is 6.09. The van der Waals surface area contributed by atoms with E-state index in [9.17, 15) is 0 Å². The summed E-state index contributed by atoms with van der Waals surface area (Å²) in [6.45, 7) is 0.811. The summed E-state index contributed by atoms with van der Waals surface area (Å²) < 4.78 is 2.04. The summed E-state index contributed by atoms with van der Waals surface area (Å²) in [5, 5.41) is 3.79. The molecule has 1 aromatic carbocycles. The van der Waals surface area contributed by atoms with Crippen molar-refractivity contribution in [3.05, 3.63) is 65.6 Å². The summed E-state index contributed by atoms with van der Waals surface area (Å²) in [6, 6.07) is 10.0. The van der Waals surface area contributed by atoms with Gasteiger partial charge in [-0.3, -0.25) is 0 Å². The van der Waals surface area contributed by atoms with E-state index in [0.717, 1.165) is 36.7 Å². The van der Waals surface area contributed by atoms with E-state index in [1.54, 1.807) is 12.3 Å². The van der Waals surface area contributed by atoms with Crippen LogP contribution in [0.3, 0.4) is 0 Å². The van der Waals surface area contributed by atoms with E-state index in [1.165, 1.54) is 5.56 Å². The molecule has 0 spiro atoms. The molecule has 0 bridgehead atoms. The van der Waals surface area contributed by atoms with E-state index in [2.05, 4.69) is 32.4 Å². The van der Waals surface area contributed by atoms with Crippen LogP contribution in [0.2, 0.25) is 5.15 Å². The van der Waals surface area contributed by atoms with Gasteiger partial charge in [0.2, 0.25) is 0 Å². The minimum absolute atomic E-state index is 0.479. The molecule has 0 saturated heterocycles. The third kappa shape index (κ3) is 3.51.